The highest BCUT2D eigenvalue weighted by molar-refractivity contribution is 7.37. The molecule has 2 spiro atoms. The molecule has 4 heterocycles. The lowest BCUT2D eigenvalue weighted by Gasteiger charge is -2.42. The van der Waals surface area contributed by atoms with Crippen molar-refractivity contribution in [2.75, 3.05) is 9.80 Å². The molecule has 0 radical (unpaired) electrons. The molecular formula is C65H39BN2S2. The van der Waals surface area contributed by atoms with Crippen molar-refractivity contribution in [3.05, 3.63) is 267 Å². The number of nitrogens with zero attached hydrogens (tertiary/aromatic N) is 2. The smallest absolute Gasteiger partial charge is 0.277 e. The number of hydrogen-bond acceptors (Lipinski definition) is 4. The number of rotatable bonds is 2. The third-order valence-corrected chi connectivity index (χ3v) is 19.4. The summed E-state index contributed by atoms with van der Waals surface area (Å²) in [4.78, 5) is 8.15. The number of para-hydroxylation sites is 1. The van der Waals surface area contributed by atoms with Crippen LogP contribution < -0.4 is 24.8 Å². The summed E-state index contributed by atoms with van der Waals surface area (Å²) >= 11 is 4.16. The van der Waals surface area contributed by atoms with E-state index in [9.17, 15) is 0 Å². The Morgan fingerprint density at radius 2 is 0.686 bits per heavy atom. The molecule has 17 rings (SSSR count). The summed E-state index contributed by atoms with van der Waals surface area (Å²) in [7, 11) is 0. The highest BCUT2D eigenvalue weighted by Gasteiger charge is 2.60. The molecule has 9 aromatic carbocycles. The van der Waals surface area contributed by atoms with E-state index in [-0.39, 0.29) is 6.71 Å². The Hall–Kier alpha value is -7.96. The first-order valence-electron chi connectivity index (χ1n) is 24.5. The average molecular weight is 923 g/mol. The Labute approximate surface area is 415 Å². The molecule has 70 heavy (non-hydrogen) atoms. The van der Waals surface area contributed by atoms with Gasteiger partial charge in [-0.15, -0.1) is 22.7 Å². The van der Waals surface area contributed by atoms with Crippen LogP contribution in [0.2, 0.25) is 0 Å². The molecule has 0 amide bonds. The normalized spacial score (nSPS) is 15.4. The van der Waals surface area contributed by atoms with Crippen molar-refractivity contribution in [1.82, 2.24) is 0 Å². The number of fused-ring (bicyclic) bond motifs is 26. The van der Waals surface area contributed by atoms with Crippen molar-refractivity contribution in [2.45, 2.75) is 17.8 Å². The van der Waals surface area contributed by atoms with Gasteiger partial charge in [-0.1, -0.05) is 188 Å². The largest absolute Gasteiger partial charge is 0.310 e. The first kappa shape index (κ1) is 38.0. The second-order valence-corrected chi connectivity index (χ2v) is 21.9. The van der Waals surface area contributed by atoms with Crippen LogP contribution in [0.15, 0.2) is 218 Å². The van der Waals surface area contributed by atoms with E-state index in [0.29, 0.717) is 0 Å². The summed E-state index contributed by atoms with van der Waals surface area (Å²) in [5.41, 5.74) is 28.2. The lowest BCUT2D eigenvalue weighted by molar-refractivity contribution is 0.811. The van der Waals surface area contributed by atoms with E-state index < -0.39 is 10.8 Å². The van der Waals surface area contributed by atoms with Crippen LogP contribution in [0.1, 0.15) is 48.7 Å². The van der Waals surface area contributed by atoms with Crippen molar-refractivity contribution in [2.24, 2.45) is 0 Å². The molecule has 4 aliphatic carbocycles. The van der Waals surface area contributed by atoms with Gasteiger partial charge in [0.2, 0.25) is 0 Å². The molecular weight excluding hydrogens is 884 g/mol. The van der Waals surface area contributed by atoms with Gasteiger partial charge in [-0.3, -0.25) is 0 Å². The van der Waals surface area contributed by atoms with Crippen molar-refractivity contribution >= 4 is 78.5 Å². The standard InChI is InChI=1S/C65H39BN2S2/c1-38-34-36-40(37-35-38)68-54-33-17-32-53-57(54)66(63-59(68)56-46-25-10-16-31-52(46)65(61(56)70-63)49-28-13-7-22-43(49)44-23-8-14-29-50(44)65)62-58(67(53)39-18-3-2-4-19-39)55-45-24-9-15-30-51(45)64(60(55)69-62)47-26-11-5-20-41(47)42-21-6-12-27-48(42)64/h2-37H,1H3. The fourth-order valence-corrected chi connectivity index (χ4v) is 17.6. The van der Waals surface area contributed by atoms with E-state index in [1.165, 1.54) is 142 Å². The topological polar surface area (TPSA) is 6.48 Å². The number of anilines is 6. The zero-order valence-corrected chi connectivity index (χ0v) is 39.7. The molecule has 5 heteroatoms. The number of hydrogen-bond donors (Lipinski definition) is 0. The highest BCUT2D eigenvalue weighted by atomic mass is 32.1. The molecule has 0 atom stereocenters. The van der Waals surface area contributed by atoms with Crippen LogP contribution in [0.4, 0.5) is 34.1 Å². The molecule has 0 bridgehead atoms. The fraction of sp³-hybridized carbons (Fsp3) is 0.0462. The van der Waals surface area contributed by atoms with Gasteiger partial charge in [0.1, 0.15) is 0 Å². The minimum absolute atomic E-state index is 0.0173. The van der Waals surface area contributed by atoms with Gasteiger partial charge in [0.15, 0.2) is 0 Å². The molecule has 0 saturated heterocycles. The zero-order chi connectivity index (χ0) is 45.6. The van der Waals surface area contributed by atoms with Gasteiger partial charge in [-0.25, -0.2) is 0 Å². The minimum atomic E-state index is -0.458. The molecule has 0 unspecified atom stereocenters. The van der Waals surface area contributed by atoms with E-state index in [1.807, 2.05) is 0 Å². The van der Waals surface area contributed by atoms with Crippen LogP contribution in [-0.4, -0.2) is 6.71 Å². The second kappa shape index (κ2) is 13.2. The van der Waals surface area contributed by atoms with Crippen LogP contribution in [0.5, 0.6) is 0 Å². The van der Waals surface area contributed by atoms with Gasteiger partial charge in [0.05, 0.1) is 22.2 Å². The molecule has 2 aromatic heterocycles. The Bertz CT molecular complexity index is 4030. The van der Waals surface area contributed by atoms with Crippen molar-refractivity contribution in [3.63, 3.8) is 0 Å². The predicted molar refractivity (Wildman–Crippen MR) is 294 cm³/mol. The first-order valence-corrected chi connectivity index (χ1v) is 26.1. The summed E-state index contributed by atoms with van der Waals surface area (Å²) in [6, 6.07) is 83.3. The third-order valence-electron chi connectivity index (χ3n) is 16.7. The SMILES string of the molecule is Cc1ccc(N2c3cccc4c3B(c3sc5c(c3N4c3ccccc3)-c3ccccc3C53c4ccccc4-c4ccccc43)c3sc4c(c32)-c2ccccc2C42c3ccccc3-c3ccccc32)cc1. The van der Waals surface area contributed by atoms with E-state index in [4.69, 9.17) is 0 Å². The van der Waals surface area contributed by atoms with Gasteiger partial charge in [-0.05, 0) is 116 Å². The second-order valence-electron chi connectivity index (χ2n) is 19.8. The molecule has 0 saturated carbocycles. The van der Waals surface area contributed by atoms with Crippen molar-refractivity contribution in [3.8, 4) is 44.5 Å². The van der Waals surface area contributed by atoms with Crippen molar-refractivity contribution in [1.29, 1.82) is 0 Å². The third kappa shape index (κ3) is 4.25. The molecule has 2 nitrogen and oxygen atoms in total. The fourth-order valence-electron chi connectivity index (χ4n) is 14.2. The van der Waals surface area contributed by atoms with Gasteiger partial charge < -0.3 is 9.80 Å². The zero-order valence-electron chi connectivity index (χ0n) is 38.1. The molecule has 6 aliphatic rings. The quantitative estimate of drug-likeness (QED) is 0.159. The maximum absolute atomic E-state index is 2.65. The number of thiophene rings is 2. The maximum atomic E-state index is 2.65. The van der Waals surface area contributed by atoms with E-state index in [2.05, 4.69) is 258 Å². The molecule has 11 aromatic rings. The van der Waals surface area contributed by atoms with Gasteiger partial charge >= 0.3 is 0 Å². The average Bonchev–Trinajstić information content (AvgIpc) is 4.25. The molecule has 2 aliphatic heterocycles. The van der Waals surface area contributed by atoms with E-state index in [1.54, 1.807) is 0 Å². The Kier molecular flexibility index (Phi) is 7.17. The van der Waals surface area contributed by atoms with Gasteiger partial charge in [-0.2, -0.15) is 0 Å². The highest BCUT2D eigenvalue weighted by Crippen LogP contribution is 2.69. The number of aryl methyl sites for hydroxylation is 1. The maximum Gasteiger partial charge on any atom is 0.277 e. The van der Waals surface area contributed by atoms with Crippen molar-refractivity contribution < 1.29 is 0 Å². The predicted octanol–water partition coefficient (Wildman–Crippen LogP) is 14.9. The van der Waals surface area contributed by atoms with E-state index >= 15 is 0 Å². The Morgan fingerprint density at radius 1 is 0.343 bits per heavy atom. The minimum Gasteiger partial charge on any atom is -0.310 e. The summed E-state index contributed by atoms with van der Waals surface area (Å²) < 4.78 is 2.84. The first-order chi connectivity index (χ1) is 34.7. The Balaban J connectivity index is 1.04. The molecule has 0 fully saturated rings. The van der Waals surface area contributed by atoms with Gasteiger partial charge in [0.25, 0.3) is 6.71 Å². The van der Waals surface area contributed by atoms with Crippen LogP contribution in [0.3, 0.4) is 0 Å². The summed E-state index contributed by atoms with van der Waals surface area (Å²) in [5, 5.41) is 0. The van der Waals surface area contributed by atoms with Crippen LogP contribution in [0, 0.1) is 6.92 Å². The summed E-state index contributed by atoms with van der Waals surface area (Å²) in [6.07, 6.45) is 0. The summed E-state index contributed by atoms with van der Waals surface area (Å²) in [5.74, 6) is 0. The van der Waals surface area contributed by atoms with Crippen LogP contribution in [0.25, 0.3) is 44.5 Å². The summed E-state index contributed by atoms with van der Waals surface area (Å²) in [6.45, 7) is 2.18. The lowest BCUT2D eigenvalue weighted by Crippen LogP contribution is -2.59. The monoisotopic (exact) mass is 922 g/mol. The van der Waals surface area contributed by atoms with E-state index in [0.717, 1.165) is 0 Å². The number of benzene rings is 9. The van der Waals surface area contributed by atoms with Crippen LogP contribution >= 0.6 is 22.7 Å². The lowest BCUT2D eigenvalue weighted by atomic mass is 9.39. The van der Waals surface area contributed by atoms with Gasteiger partial charge in [0, 0.05) is 53.2 Å². The molecule has 0 N–H and O–H groups in total. The molecule has 324 valence electrons. The van der Waals surface area contributed by atoms with Crippen LogP contribution in [-0.2, 0) is 10.8 Å². The Morgan fingerprint density at radius 3 is 1.10 bits per heavy atom.